The minimum atomic E-state index is -0.154. The number of carbonyl (C=O) groups excluding carboxylic acids is 1. The van der Waals surface area contributed by atoms with Crippen molar-refractivity contribution in [1.29, 1.82) is 0 Å². The quantitative estimate of drug-likeness (QED) is 0.463. The standard InChI is InChI=1S/C20H23NO5/c1-12(8-13-6-7-16(23-2)15(21)9-13)19(22)14-10-17(24-3)20(26-5)18(11-14)25-4/h6-11H,21H2,1-5H3/b12-8+. The summed E-state index contributed by atoms with van der Waals surface area (Å²) in [5, 5.41) is 0. The molecule has 0 bridgehead atoms. The number of nitrogen functional groups attached to an aromatic ring is 1. The first-order chi connectivity index (χ1) is 12.4. The lowest BCUT2D eigenvalue weighted by Crippen LogP contribution is -2.04. The predicted octanol–water partition coefficient (Wildman–Crippen LogP) is 3.59. The van der Waals surface area contributed by atoms with E-state index < -0.39 is 0 Å². The number of allylic oxidation sites excluding steroid dienone is 1. The summed E-state index contributed by atoms with van der Waals surface area (Å²) < 4.78 is 21.0. The van der Waals surface area contributed by atoms with Crippen molar-refractivity contribution < 1.29 is 23.7 Å². The molecule has 26 heavy (non-hydrogen) atoms. The van der Waals surface area contributed by atoms with Gasteiger partial charge in [-0.15, -0.1) is 0 Å². The normalized spacial score (nSPS) is 11.0. The van der Waals surface area contributed by atoms with E-state index in [1.165, 1.54) is 21.3 Å². The number of carbonyl (C=O) groups is 1. The van der Waals surface area contributed by atoms with E-state index in [0.29, 0.717) is 39.8 Å². The molecule has 6 heteroatoms. The number of methoxy groups -OCH3 is 4. The fourth-order valence-electron chi connectivity index (χ4n) is 2.60. The number of anilines is 1. The van der Waals surface area contributed by atoms with Crippen molar-refractivity contribution in [2.75, 3.05) is 34.2 Å². The Morgan fingerprint density at radius 1 is 0.885 bits per heavy atom. The molecule has 0 amide bonds. The first-order valence-corrected chi connectivity index (χ1v) is 7.91. The van der Waals surface area contributed by atoms with Gasteiger partial charge in [0, 0.05) is 5.56 Å². The average Bonchev–Trinajstić information content (AvgIpc) is 2.66. The van der Waals surface area contributed by atoms with Crippen molar-refractivity contribution in [2.24, 2.45) is 0 Å². The minimum Gasteiger partial charge on any atom is -0.495 e. The maximum Gasteiger partial charge on any atom is 0.203 e. The van der Waals surface area contributed by atoms with Gasteiger partial charge in [0.2, 0.25) is 5.75 Å². The fourth-order valence-corrected chi connectivity index (χ4v) is 2.60. The summed E-state index contributed by atoms with van der Waals surface area (Å²) in [6, 6.07) is 8.61. The Balaban J connectivity index is 2.40. The van der Waals surface area contributed by atoms with Crippen LogP contribution in [0.5, 0.6) is 23.0 Å². The molecule has 0 radical (unpaired) electrons. The number of rotatable bonds is 7. The summed E-state index contributed by atoms with van der Waals surface area (Å²) in [7, 11) is 6.09. The Morgan fingerprint density at radius 2 is 1.46 bits per heavy atom. The Kier molecular flexibility index (Phi) is 6.11. The zero-order chi connectivity index (χ0) is 19.3. The third kappa shape index (κ3) is 3.91. The number of Topliss-reactive ketones (excluding diaryl/α,β-unsaturated/α-hetero) is 1. The molecule has 0 aliphatic rings. The van der Waals surface area contributed by atoms with Gasteiger partial charge in [-0.05, 0) is 48.4 Å². The lowest BCUT2D eigenvalue weighted by molar-refractivity contribution is 0.103. The van der Waals surface area contributed by atoms with Gasteiger partial charge in [-0.1, -0.05) is 6.07 Å². The highest BCUT2D eigenvalue weighted by Crippen LogP contribution is 2.38. The van der Waals surface area contributed by atoms with E-state index in [2.05, 4.69) is 0 Å². The number of benzene rings is 2. The molecular formula is C20H23NO5. The van der Waals surface area contributed by atoms with Crippen molar-refractivity contribution in [2.45, 2.75) is 6.92 Å². The van der Waals surface area contributed by atoms with Crippen LogP contribution < -0.4 is 24.7 Å². The third-order valence-electron chi connectivity index (χ3n) is 3.92. The molecule has 2 aromatic rings. The SMILES string of the molecule is COc1ccc(/C=C(\C)C(=O)c2cc(OC)c(OC)c(OC)c2)cc1N. The summed E-state index contributed by atoms with van der Waals surface area (Å²) in [5.74, 6) is 1.74. The van der Waals surface area contributed by atoms with Gasteiger partial charge < -0.3 is 24.7 Å². The molecule has 0 aliphatic carbocycles. The van der Waals surface area contributed by atoms with Crippen LogP contribution in [0.25, 0.3) is 6.08 Å². The smallest absolute Gasteiger partial charge is 0.203 e. The number of hydrogen-bond donors (Lipinski definition) is 1. The van der Waals surface area contributed by atoms with Gasteiger partial charge in [-0.3, -0.25) is 4.79 Å². The highest BCUT2D eigenvalue weighted by Gasteiger charge is 2.18. The van der Waals surface area contributed by atoms with Gasteiger partial charge in [0.25, 0.3) is 0 Å². The molecule has 0 unspecified atom stereocenters. The minimum absolute atomic E-state index is 0.154. The Morgan fingerprint density at radius 3 is 1.92 bits per heavy atom. The second-order valence-electron chi connectivity index (χ2n) is 5.57. The zero-order valence-electron chi connectivity index (χ0n) is 15.6. The first-order valence-electron chi connectivity index (χ1n) is 7.91. The van der Waals surface area contributed by atoms with Crippen molar-refractivity contribution in [3.8, 4) is 23.0 Å². The van der Waals surface area contributed by atoms with Crippen molar-refractivity contribution in [3.63, 3.8) is 0 Å². The summed E-state index contributed by atoms with van der Waals surface area (Å²) in [6.07, 6.45) is 1.77. The average molecular weight is 357 g/mol. The van der Waals surface area contributed by atoms with E-state index in [4.69, 9.17) is 24.7 Å². The molecule has 0 spiro atoms. The summed E-state index contributed by atoms with van der Waals surface area (Å²) in [6.45, 7) is 1.74. The Labute approximate surface area is 153 Å². The molecule has 0 aliphatic heterocycles. The fraction of sp³-hybridized carbons (Fsp3) is 0.250. The van der Waals surface area contributed by atoms with Crippen LogP contribution in [0.15, 0.2) is 35.9 Å². The van der Waals surface area contributed by atoms with E-state index in [9.17, 15) is 4.79 Å². The van der Waals surface area contributed by atoms with Crippen LogP contribution in [-0.4, -0.2) is 34.2 Å². The maximum atomic E-state index is 12.8. The highest BCUT2D eigenvalue weighted by atomic mass is 16.5. The molecular weight excluding hydrogens is 334 g/mol. The van der Waals surface area contributed by atoms with Gasteiger partial charge in [-0.2, -0.15) is 0 Å². The number of ketones is 1. The van der Waals surface area contributed by atoms with Gasteiger partial charge in [0.15, 0.2) is 17.3 Å². The van der Waals surface area contributed by atoms with E-state index in [-0.39, 0.29) is 5.78 Å². The van der Waals surface area contributed by atoms with Crippen LogP contribution in [0, 0.1) is 0 Å². The van der Waals surface area contributed by atoms with Crippen LogP contribution >= 0.6 is 0 Å². The lowest BCUT2D eigenvalue weighted by Gasteiger charge is -2.14. The summed E-state index contributed by atoms with van der Waals surface area (Å²) in [5.41, 5.74) is 8.22. The largest absolute Gasteiger partial charge is 0.495 e. The predicted molar refractivity (Wildman–Crippen MR) is 101 cm³/mol. The second-order valence-corrected chi connectivity index (χ2v) is 5.57. The Hall–Kier alpha value is -3.15. The number of ether oxygens (including phenoxy) is 4. The topological polar surface area (TPSA) is 80.0 Å². The zero-order valence-corrected chi connectivity index (χ0v) is 15.6. The van der Waals surface area contributed by atoms with E-state index in [1.807, 2.05) is 6.07 Å². The van der Waals surface area contributed by atoms with Gasteiger partial charge >= 0.3 is 0 Å². The maximum absolute atomic E-state index is 12.8. The molecule has 0 heterocycles. The molecule has 0 saturated carbocycles. The van der Waals surface area contributed by atoms with E-state index in [0.717, 1.165) is 5.56 Å². The van der Waals surface area contributed by atoms with Gasteiger partial charge in [0.1, 0.15) is 5.75 Å². The molecule has 2 aromatic carbocycles. The van der Waals surface area contributed by atoms with Crippen LogP contribution in [0.1, 0.15) is 22.8 Å². The molecule has 6 nitrogen and oxygen atoms in total. The van der Waals surface area contributed by atoms with Gasteiger partial charge in [0.05, 0.1) is 34.1 Å². The number of hydrogen-bond acceptors (Lipinski definition) is 6. The van der Waals surface area contributed by atoms with Crippen LogP contribution in [0.3, 0.4) is 0 Å². The lowest BCUT2D eigenvalue weighted by atomic mass is 10.0. The van der Waals surface area contributed by atoms with Crippen LogP contribution in [0.2, 0.25) is 0 Å². The monoisotopic (exact) mass is 357 g/mol. The van der Waals surface area contributed by atoms with Crippen LogP contribution in [-0.2, 0) is 0 Å². The molecule has 0 atom stereocenters. The molecule has 0 saturated heterocycles. The van der Waals surface area contributed by atoms with E-state index in [1.54, 1.807) is 44.4 Å². The molecule has 2 N–H and O–H groups in total. The number of nitrogens with two attached hydrogens (primary N) is 1. The summed E-state index contributed by atoms with van der Waals surface area (Å²) in [4.78, 5) is 12.8. The van der Waals surface area contributed by atoms with Crippen molar-refractivity contribution >= 4 is 17.5 Å². The molecule has 138 valence electrons. The second kappa shape index (κ2) is 8.29. The first kappa shape index (κ1) is 19.2. The highest BCUT2D eigenvalue weighted by molar-refractivity contribution is 6.11. The van der Waals surface area contributed by atoms with Crippen molar-refractivity contribution in [3.05, 3.63) is 47.0 Å². The summed E-state index contributed by atoms with van der Waals surface area (Å²) >= 11 is 0. The van der Waals surface area contributed by atoms with Crippen molar-refractivity contribution in [1.82, 2.24) is 0 Å². The molecule has 0 fully saturated rings. The molecule has 0 aromatic heterocycles. The van der Waals surface area contributed by atoms with Crippen LogP contribution in [0.4, 0.5) is 5.69 Å². The van der Waals surface area contributed by atoms with Gasteiger partial charge in [-0.25, -0.2) is 0 Å². The molecule has 2 rings (SSSR count). The Bertz CT molecular complexity index is 817. The van der Waals surface area contributed by atoms with E-state index >= 15 is 0 Å². The third-order valence-corrected chi connectivity index (χ3v) is 3.92.